The number of para-hydroxylation sites is 1. The third-order valence-corrected chi connectivity index (χ3v) is 7.98. The summed E-state index contributed by atoms with van der Waals surface area (Å²) in [7, 11) is 1.84. The number of benzene rings is 1. The maximum atomic E-state index is 13.5. The summed E-state index contributed by atoms with van der Waals surface area (Å²) < 4.78 is 10.6. The second-order valence-corrected chi connectivity index (χ2v) is 10.1. The van der Waals surface area contributed by atoms with E-state index in [2.05, 4.69) is 0 Å². The van der Waals surface area contributed by atoms with E-state index < -0.39 is 5.97 Å². The van der Waals surface area contributed by atoms with Crippen molar-refractivity contribution in [2.45, 2.75) is 40.0 Å². The largest absolute Gasteiger partial charge is 0.453 e. The van der Waals surface area contributed by atoms with Crippen LogP contribution in [0.25, 0.3) is 11.4 Å². The summed E-state index contributed by atoms with van der Waals surface area (Å²) in [5.41, 5.74) is 4.93. The Labute approximate surface area is 207 Å². The summed E-state index contributed by atoms with van der Waals surface area (Å²) in [6, 6.07) is 13.1. The summed E-state index contributed by atoms with van der Waals surface area (Å²) in [6.45, 7) is 5.22. The van der Waals surface area contributed by atoms with Crippen LogP contribution in [0.2, 0.25) is 0 Å². The SMILES string of the molecule is Cc1cc(C(=O)COC(=O)c2cc3c(s2)CCC3)c(C)n1-c1c(C)n(C)n(-c2ccccc2)c1=O. The molecule has 8 heteroatoms. The van der Waals surface area contributed by atoms with Crippen molar-refractivity contribution in [2.24, 2.45) is 7.05 Å². The highest BCUT2D eigenvalue weighted by atomic mass is 32.1. The molecule has 0 unspecified atom stereocenters. The van der Waals surface area contributed by atoms with Crippen molar-refractivity contribution in [3.05, 3.63) is 90.8 Å². The lowest BCUT2D eigenvalue weighted by molar-refractivity contribution is 0.0479. The maximum absolute atomic E-state index is 13.5. The number of ketones is 1. The zero-order chi connectivity index (χ0) is 24.9. The topological polar surface area (TPSA) is 75.2 Å². The van der Waals surface area contributed by atoms with Crippen molar-refractivity contribution in [2.75, 3.05) is 6.61 Å². The molecule has 0 saturated heterocycles. The number of carbonyl (C=O) groups excluding carboxylic acids is 2. The number of esters is 1. The highest BCUT2D eigenvalue weighted by Gasteiger charge is 2.25. The van der Waals surface area contributed by atoms with Gasteiger partial charge in [-0.15, -0.1) is 11.3 Å². The van der Waals surface area contributed by atoms with Gasteiger partial charge in [-0.05, 0) is 69.9 Å². The Kier molecular flexibility index (Phi) is 5.84. The van der Waals surface area contributed by atoms with Crippen LogP contribution in [0.15, 0.2) is 47.3 Å². The molecule has 0 N–H and O–H groups in total. The van der Waals surface area contributed by atoms with Crippen LogP contribution in [0.3, 0.4) is 0 Å². The minimum atomic E-state index is -0.462. The number of rotatable bonds is 6. The van der Waals surface area contributed by atoms with Crippen molar-refractivity contribution in [3.8, 4) is 11.4 Å². The second-order valence-electron chi connectivity index (χ2n) is 8.94. The number of thiophene rings is 1. The quantitative estimate of drug-likeness (QED) is 0.296. The van der Waals surface area contributed by atoms with E-state index in [1.807, 2.05) is 73.5 Å². The maximum Gasteiger partial charge on any atom is 0.348 e. The molecular formula is C27H27N3O4S. The molecule has 1 aliphatic rings. The van der Waals surface area contributed by atoms with Crippen LogP contribution < -0.4 is 5.56 Å². The molecule has 35 heavy (non-hydrogen) atoms. The predicted octanol–water partition coefficient (Wildman–Crippen LogP) is 4.48. The first kappa shape index (κ1) is 23.1. The summed E-state index contributed by atoms with van der Waals surface area (Å²) in [5, 5.41) is 0. The minimum absolute atomic E-state index is 0.172. The van der Waals surface area contributed by atoms with E-state index in [0.29, 0.717) is 21.8 Å². The van der Waals surface area contributed by atoms with E-state index in [1.54, 1.807) is 10.7 Å². The van der Waals surface area contributed by atoms with Gasteiger partial charge in [-0.25, -0.2) is 9.48 Å². The van der Waals surface area contributed by atoms with Gasteiger partial charge >= 0.3 is 5.97 Å². The summed E-state index contributed by atoms with van der Waals surface area (Å²) in [6.07, 6.45) is 3.12. The first-order chi connectivity index (χ1) is 16.8. The van der Waals surface area contributed by atoms with E-state index in [9.17, 15) is 14.4 Å². The molecule has 0 aliphatic heterocycles. The molecule has 0 amide bonds. The Balaban J connectivity index is 1.42. The predicted molar refractivity (Wildman–Crippen MR) is 136 cm³/mol. The second kappa shape index (κ2) is 8.85. The lowest BCUT2D eigenvalue weighted by Crippen LogP contribution is -2.22. The van der Waals surface area contributed by atoms with E-state index in [-0.39, 0.29) is 17.9 Å². The molecule has 0 saturated carbocycles. The van der Waals surface area contributed by atoms with Gasteiger partial charge in [0.25, 0.3) is 5.56 Å². The Bertz CT molecular complexity index is 1500. The van der Waals surface area contributed by atoms with Gasteiger partial charge in [0, 0.05) is 28.9 Å². The van der Waals surface area contributed by atoms with Crippen LogP contribution in [-0.2, 0) is 24.6 Å². The van der Waals surface area contributed by atoms with E-state index >= 15 is 0 Å². The number of aryl methyl sites for hydroxylation is 3. The van der Waals surface area contributed by atoms with Crippen LogP contribution in [-0.4, -0.2) is 32.3 Å². The molecule has 5 rings (SSSR count). The van der Waals surface area contributed by atoms with Crippen molar-refractivity contribution in [1.29, 1.82) is 0 Å². The van der Waals surface area contributed by atoms with Gasteiger partial charge in [-0.2, -0.15) is 0 Å². The van der Waals surface area contributed by atoms with Gasteiger partial charge in [0.1, 0.15) is 10.6 Å². The number of hydrogen-bond donors (Lipinski definition) is 0. The first-order valence-electron chi connectivity index (χ1n) is 11.6. The molecule has 3 heterocycles. The van der Waals surface area contributed by atoms with Crippen molar-refractivity contribution in [3.63, 3.8) is 0 Å². The van der Waals surface area contributed by atoms with Gasteiger partial charge in [-0.1, -0.05) is 18.2 Å². The Morgan fingerprint density at radius 3 is 2.49 bits per heavy atom. The molecule has 3 aromatic heterocycles. The molecule has 0 spiro atoms. The van der Waals surface area contributed by atoms with E-state index in [0.717, 1.165) is 36.3 Å². The van der Waals surface area contributed by atoms with Crippen molar-refractivity contribution in [1.82, 2.24) is 13.9 Å². The molecule has 0 bridgehead atoms. The van der Waals surface area contributed by atoms with Gasteiger partial charge in [0.05, 0.1) is 11.4 Å². The fraction of sp³-hybridized carbons (Fsp3) is 0.296. The first-order valence-corrected chi connectivity index (χ1v) is 12.4. The Morgan fingerprint density at radius 2 is 1.77 bits per heavy atom. The standard InChI is InChI=1S/C27H27N3O4S/c1-16-13-21(22(31)15-34-27(33)24-14-19-9-8-12-23(19)35-24)17(2)29(16)25-18(3)28(4)30(26(25)32)20-10-6-5-7-11-20/h5-7,10-11,13-14H,8-9,12,15H2,1-4H3. The molecule has 1 aliphatic carbocycles. The molecule has 0 radical (unpaired) electrons. The zero-order valence-corrected chi connectivity index (χ0v) is 21.1. The molecule has 180 valence electrons. The van der Waals surface area contributed by atoms with Gasteiger partial charge in [-0.3, -0.25) is 14.3 Å². The Morgan fingerprint density at radius 1 is 1.03 bits per heavy atom. The highest BCUT2D eigenvalue weighted by molar-refractivity contribution is 7.14. The molecule has 0 fully saturated rings. The smallest absolute Gasteiger partial charge is 0.348 e. The van der Waals surface area contributed by atoms with Gasteiger partial charge in [0.15, 0.2) is 6.61 Å². The lowest BCUT2D eigenvalue weighted by atomic mass is 10.1. The fourth-order valence-corrected chi connectivity index (χ4v) is 6.06. The Hall–Kier alpha value is -3.65. The highest BCUT2D eigenvalue weighted by Crippen LogP contribution is 2.31. The van der Waals surface area contributed by atoms with Crippen LogP contribution in [0.4, 0.5) is 0 Å². The molecule has 0 atom stereocenters. The average molecular weight is 490 g/mol. The molecule has 4 aromatic rings. The summed E-state index contributed by atoms with van der Waals surface area (Å²) >= 11 is 1.46. The number of aromatic nitrogens is 3. The van der Waals surface area contributed by atoms with Crippen LogP contribution in [0.1, 0.15) is 54.0 Å². The summed E-state index contributed by atoms with van der Waals surface area (Å²) in [4.78, 5) is 40.8. The van der Waals surface area contributed by atoms with Gasteiger partial charge in [0.2, 0.25) is 5.78 Å². The average Bonchev–Trinajstić information content (AvgIpc) is 3.57. The van der Waals surface area contributed by atoms with Crippen LogP contribution in [0, 0.1) is 20.8 Å². The number of fused-ring (bicyclic) bond motifs is 1. The number of ether oxygens (including phenoxy) is 1. The lowest BCUT2D eigenvalue weighted by Gasteiger charge is -2.09. The minimum Gasteiger partial charge on any atom is -0.453 e. The number of hydrogen-bond acceptors (Lipinski definition) is 5. The number of nitrogens with zero attached hydrogens (tertiary/aromatic N) is 3. The van der Waals surface area contributed by atoms with E-state index in [4.69, 9.17) is 4.74 Å². The van der Waals surface area contributed by atoms with Crippen LogP contribution in [0.5, 0.6) is 0 Å². The third-order valence-electron chi connectivity index (χ3n) is 6.76. The monoisotopic (exact) mass is 489 g/mol. The number of carbonyl (C=O) groups is 2. The van der Waals surface area contributed by atoms with E-state index in [1.165, 1.54) is 21.8 Å². The third kappa shape index (κ3) is 3.87. The molecular weight excluding hydrogens is 462 g/mol. The van der Waals surface area contributed by atoms with Crippen molar-refractivity contribution >= 4 is 23.1 Å². The fourth-order valence-electron chi connectivity index (χ4n) is 4.91. The normalized spacial score (nSPS) is 12.7. The number of Topliss-reactive ketones (excluding diaryl/α,β-unsaturated/α-hetero) is 1. The summed E-state index contributed by atoms with van der Waals surface area (Å²) in [5.74, 6) is -0.755. The molecule has 1 aromatic carbocycles. The van der Waals surface area contributed by atoms with Crippen molar-refractivity contribution < 1.29 is 14.3 Å². The zero-order valence-electron chi connectivity index (χ0n) is 20.3. The molecule has 7 nitrogen and oxygen atoms in total. The van der Waals surface area contributed by atoms with Crippen LogP contribution >= 0.6 is 11.3 Å². The van der Waals surface area contributed by atoms with Gasteiger partial charge < -0.3 is 9.30 Å².